The van der Waals surface area contributed by atoms with Crippen molar-refractivity contribution in [2.24, 2.45) is 0 Å². The van der Waals surface area contributed by atoms with Gasteiger partial charge in [0.05, 0.1) is 5.60 Å². The Morgan fingerprint density at radius 1 is 1.12 bits per heavy atom. The van der Waals surface area contributed by atoms with Gasteiger partial charge in [0.25, 0.3) is 0 Å². The van der Waals surface area contributed by atoms with Crippen molar-refractivity contribution >= 4 is 24.8 Å². The average Bonchev–Trinajstić information content (AvgIpc) is 2.63. The van der Waals surface area contributed by atoms with Crippen molar-refractivity contribution in [1.29, 1.82) is 0 Å². The monoisotopic (exact) mass is 403 g/mol. The van der Waals surface area contributed by atoms with Crippen LogP contribution in [0.2, 0.25) is 0 Å². The molecule has 1 aromatic rings. The number of aromatic amines is 1. The predicted molar refractivity (Wildman–Crippen MR) is 109 cm³/mol. The number of rotatable bonds is 2. The van der Waals surface area contributed by atoms with Crippen LogP contribution in [0.3, 0.4) is 0 Å². The van der Waals surface area contributed by atoms with Gasteiger partial charge < -0.3 is 19.9 Å². The first kappa shape index (κ1) is 21.7. The highest BCUT2D eigenvalue weighted by molar-refractivity contribution is 5.85. The quantitative estimate of drug-likeness (QED) is 0.796. The molecule has 3 aliphatic rings. The molecule has 1 atom stereocenters. The summed E-state index contributed by atoms with van der Waals surface area (Å²) in [5, 5.41) is 3.46. The molecule has 4 rings (SSSR count). The SMILES string of the molecule is Cl.Cl.O=c1cc(C2CCN(C3CCOC4(CCNCC4)C3)CC2)cc[nH]1. The van der Waals surface area contributed by atoms with Gasteiger partial charge in [-0.3, -0.25) is 4.79 Å². The van der Waals surface area contributed by atoms with Gasteiger partial charge in [-0.2, -0.15) is 0 Å². The third-order valence-electron chi connectivity index (χ3n) is 6.30. The summed E-state index contributed by atoms with van der Waals surface area (Å²) in [6.07, 6.45) is 8.79. The highest BCUT2D eigenvalue weighted by Gasteiger charge is 2.40. The number of pyridine rings is 1. The summed E-state index contributed by atoms with van der Waals surface area (Å²) in [5.41, 5.74) is 1.37. The lowest BCUT2D eigenvalue weighted by Gasteiger charge is -2.48. The first-order valence-corrected chi connectivity index (χ1v) is 9.52. The predicted octanol–water partition coefficient (Wildman–Crippen LogP) is 2.70. The molecule has 0 radical (unpaired) electrons. The highest BCUT2D eigenvalue weighted by Crippen LogP contribution is 2.37. The molecule has 1 aromatic heterocycles. The lowest BCUT2D eigenvalue weighted by Crippen LogP contribution is -2.54. The summed E-state index contributed by atoms with van der Waals surface area (Å²) in [7, 11) is 0. The Bertz CT molecular complexity index is 605. The number of nitrogens with zero attached hydrogens (tertiary/aromatic N) is 1. The summed E-state index contributed by atoms with van der Waals surface area (Å²) in [6, 6.07) is 4.52. The van der Waals surface area contributed by atoms with Gasteiger partial charge in [-0.15, -0.1) is 24.8 Å². The van der Waals surface area contributed by atoms with E-state index in [0.717, 1.165) is 58.5 Å². The molecule has 3 fully saturated rings. The van der Waals surface area contributed by atoms with Crippen LogP contribution in [-0.4, -0.2) is 54.3 Å². The first-order chi connectivity index (χ1) is 11.7. The zero-order valence-electron chi connectivity index (χ0n) is 15.2. The highest BCUT2D eigenvalue weighted by atomic mass is 35.5. The van der Waals surface area contributed by atoms with Crippen molar-refractivity contribution < 1.29 is 4.74 Å². The number of likely N-dealkylation sites (tertiary alicyclic amines) is 1. The van der Waals surface area contributed by atoms with Gasteiger partial charge in [-0.05, 0) is 82.3 Å². The van der Waals surface area contributed by atoms with E-state index >= 15 is 0 Å². The Balaban J connectivity index is 0.00000121. The van der Waals surface area contributed by atoms with Gasteiger partial charge in [0.2, 0.25) is 5.56 Å². The van der Waals surface area contributed by atoms with E-state index < -0.39 is 0 Å². The summed E-state index contributed by atoms with van der Waals surface area (Å²) in [4.78, 5) is 16.9. The van der Waals surface area contributed by atoms with E-state index in [2.05, 4.69) is 21.3 Å². The van der Waals surface area contributed by atoms with Gasteiger partial charge in [0.1, 0.15) is 0 Å². The van der Waals surface area contributed by atoms with Gasteiger partial charge in [0, 0.05) is 24.9 Å². The maximum Gasteiger partial charge on any atom is 0.248 e. The van der Waals surface area contributed by atoms with E-state index in [-0.39, 0.29) is 36.0 Å². The molecule has 0 aromatic carbocycles. The molecular formula is C19H31Cl2N3O2. The standard InChI is InChI=1S/C19H29N3O2.2ClH/c23-18-13-16(1-7-21-18)15-2-10-22(11-3-15)17-4-12-24-19(14-17)5-8-20-9-6-19;;/h1,7,13,15,17,20H,2-6,8-12,14H2,(H,21,23);2*1H. The number of piperidine rings is 2. The molecule has 7 heteroatoms. The number of hydrogen-bond donors (Lipinski definition) is 2. The second-order valence-corrected chi connectivity index (χ2v) is 7.72. The van der Waals surface area contributed by atoms with Crippen LogP contribution < -0.4 is 10.9 Å². The molecule has 148 valence electrons. The lowest BCUT2D eigenvalue weighted by molar-refractivity contribution is -0.122. The molecule has 0 aliphatic carbocycles. The van der Waals surface area contributed by atoms with E-state index in [9.17, 15) is 4.79 Å². The van der Waals surface area contributed by atoms with Crippen LogP contribution in [0.4, 0.5) is 0 Å². The average molecular weight is 404 g/mol. The van der Waals surface area contributed by atoms with Crippen molar-refractivity contribution in [3.05, 3.63) is 34.2 Å². The topological polar surface area (TPSA) is 57.4 Å². The van der Waals surface area contributed by atoms with Gasteiger partial charge in [-0.1, -0.05) is 0 Å². The van der Waals surface area contributed by atoms with Crippen molar-refractivity contribution in [2.45, 2.75) is 56.1 Å². The number of aromatic nitrogens is 1. The molecule has 26 heavy (non-hydrogen) atoms. The molecule has 1 spiro atoms. The van der Waals surface area contributed by atoms with Gasteiger partial charge >= 0.3 is 0 Å². The Labute approximate surface area is 168 Å². The minimum Gasteiger partial charge on any atom is -0.375 e. The third kappa shape index (κ3) is 4.82. The van der Waals surface area contributed by atoms with Crippen LogP contribution >= 0.6 is 24.8 Å². The first-order valence-electron chi connectivity index (χ1n) is 9.52. The number of halogens is 2. The van der Waals surface area contributed by atoms with E-state index in [1.807, 2.05) is 0 Å². The number of nitrogens with one attached hydrogen (secondary N) is 2. The van der Waals surface area contributed by atoms with E-state index in [1.54, 1.807) is 12.3 Å². The van der Waals surface area contributed by atoms with E-state index in [4.69, 9.17) is 4.74 Å². The largest absolute Gasteiger partial charge is 0.375 e. The van der Waals surface area contributed by atoms with Crippen molar-refractivity contribution in [3.8, 4) is 0 Å². The fourth-order valence-corrected chi connectivity index (χ4v) is 4.86. The normalized spacial score (nSPS) is 26.7. The minimum atomic E-state index is 0. The molecule has 2 N–H and O–H groups in total. The van der Waals surface area contributed by atoms with Crippen molar-refractivity contribution in [2.75, 3.05) is 32.8 Å². The van der Waals surface area contributed by atoms with E-state index in [1.165, 1.54) is 18.4 Å². The molecule has 1 unspecified atom stereocenters. The summed E-state index contributed by atoms with van der Waals surface area (Å²) in [6.45, 7) is 5.40. The number of hydrogen-bond acceptors (Lipinski definition) is 4. The molecule has 4 heterocycles. The smallest absolute Gasteiger partial charge is 0.248 e. The fourth-order valence-electron chi connectivity index (χ4n) is 4.86. The Hall–Kier alpha value is -0.590. The molecule has 0 bridgehead atoms. The Morgan fingerprint density at radius 2 is 1.85 bits per heavy atom. The Kier molecular flexibility index (Phi) is 7.98. The Morgan fingerprint density at radius 3 is 2.54 bits per heavy atom. The van der Waals surface area contributed by atoms with Crippen LogP contribution in [0.1, 0.15) is 50.0 Å². The van der Waals surface area contributed by atoms with E-state index in [0.29, 0.717) is 12.0 Å². The fraction of sp³-hybridized carbons (Fsp3) is 0.737. The number of H-pyrrole nitrogens is 1. The van der Waals surface area contributed by atoms with Crippen LogP contribution in [0.25, 0.3) is 0 Å². The van der Waals surface area contributed by atoms with Crippen LogP contribution in [0.5, 0.6) is 0 Å². The summed E-state index contributed by atoms with van der Waals surface area (Å²) in [5.74, 6) is 0.538. The van der Waals surface area contributed by atoms with Gasteiger partial charge in [0.15, 0.2) is 0 Å². The molecule has 0 saturated carbocycles. The molecule has 0 amide bonds. The maximum atomic E-state index is 11.5. The second-order valence-electron chi connectivity index (χ2n) is 7.72. The molecule has 3 saturated heterocycles. The zero-order chi connectivity index (χ0) is 16.4. The van der Waals surface area contributed by atoms with Crippen molar-refractivity contribution in [3.63, 3.8) is 0 Å². The van der Waals surface area contributed by atoms with Crippen molar-refractivity contribution in [1.82, 2.24) is 15.2 Å². The summed E-state index contributed by atoms with van der Waals surface area (Å²) >= 11 is 0. The zero-order valence-corrected chi connectivity index (χ0v) is 16.9. The van der Waals surface area contributed by atoms with Crippen LogP contribution in [-0.2, 0) is 4.74 Å². The van der Waals surface area contributed by atoms with Crippen LogP contribution in [0.15, 0.2) is 23.1 Å². The third-order valence-corrected chi connectivity index (χ3v) is 6.30. The molecule has 3 aliphatic heterocycles. The van der Waals surface area contributed by atoms with Gasteiger partial charge in [-0.25, -0.2) is 0 Å². The molecule has 5 nitrogen and oxygen atoms in total. The molecular weight excluding hydrogens is 373 g/mol. The lowest BCUT2D eigenvalue weighted by atomic mass is 9.81. The second kappa shape index (κ2) is 9.56. The number of ether oxygens (including phenoxy) is 1. The van der Waals surface area contributed by atoms with Crippen LogP contribution in [0, 0.1) is 0 Å². The minimum absolute atomic E-state index is 0. The maximum absolute atomic E-state index is 11.5. The summed E-state index contributed by atoms with van der Waals surface area (Å²) < 4.78 is 6.23.